The van der Waals surface area contributed by atoms with E-state index < -0.39 is 0 Å². The van der Waals surface area contributed by atoms with Gasteiger partial charge in [-0.15, -0.1) is 0 Å². The summed E-state index contributed by atoms with van der Waals surface area (Å²) in [6.45, 7) is 4.62. The highest BCUT2D eigenvalue weighted by Crippen LogP contribution is 2.39. The van der Waals surface area contributed by atoms with E-state index in [0.717, 1.165) is 36.0 Å². The van der Waals surface area contributed by atoms with Crippen LogP contribution in [-0.4, -0.2) is 12.2 Å². The summed E-state index contributed by atoms with van der Waals surface area (Å²) >= 11 is 0. The van der Waals surface area contributed by atoms with Crippen molar-refractivity contribution in [1.82, 2.24) is 0 Å². The predicted octanol–water partition coefficient (Wildman–Crippen LogP) is 4.19. The molecule has 2 heteroatoms. The van der Waals surface area contributed by atoms with E-state index in [1.54, 1.807) is 7.11 Å². The van der Waals surface area contributed by atoms with Gasteiger partial charge in [-0.25, -0.2) is 0 Å². The minimum absolute atomic E-state index is 0.320. The number of methoxy groups -OCH3 is 1. The molecule has 1 aliphatic carbocycles. The molecule has 0 bridgehead atoms. The monoisotopic (exact) mass is 262 g/mol. The molecule has 0 spiro atoms. The summed E-state index contributed by atoms with van der Waals surface area (Å²) in [5, 5.41) is 10.5. The molecule has 1 aromatic carbocycles. The Labute approximate surface area is 116 Å². The number of hydrogen-bond donors (Lipinski definition) is 1. The van der Waals surface area contributed by atoms with Gasteiger partial charge in [-0.2, -0.15) is 0 Å². The Hall–Kier alpha value is -1.02. The minimum atomic E-state index is -0.320. The molecule has 0 saturated heterocycles. The zero-order valence-electron chi connectivity index (χ0n) is 12.3. The normalized spacial score (nSPS) is 25.3. The maximum Gasteiger partial charge on any atom is 0.118 e. The van der Waals surface area contributed by atoms with E-state index in [1.165, 1.54) is 12.8 Å². The molecule has 1 saturated carbocycles. The topological polar surface area (TPSA) is 29.5 Å². The van der Waals surface area contributed by atoms with Crippen LogP contribution in [0.3, 0.4) is 0 Å². The number of benzene rings is 1. The molecular weight excluding hydrogens is 236 g/mol. The molecule has 106 valence electrons. The first kappa shape index (κ1) is 14.4. The molecule has 0 amide bonds. The average molecular weight is 262 g/mol. The van der Waals surface area contributed by atoms with Crippen molar-refractivity contribution in [2.75, 3.05) is 7.11 Å². The smallest absolute Gasteiger partial charge is 0.118 e. The quantitative estimate of drug-likeness (QED) is 0.881. The standard InChI is InChI=1S/C17H26O2/c1-12(2)13-4-6-14(7-5-13)17(18)15-8-10-16(19-3)11-9-15/h8-14,17-18H,4-7H2,1-3H3. The van der Waals surface area contributed by atoms with Gasteiger partial charge in [0.05, 0.1) is 13.2 Å². The molecule has 1 aromatic rings. The summed E-state index contributed by atoms with van der Waals surface area (Å²) in [7, 11) is 1.67. The molecule has 0 aromatic heterocycles. The molecule has 1 atom stereocenters. The van der Waals surface area contributed by atoms with Crippen LogP contribution in [0.25, 0.3) is 0 Å². The summed E-state index contributed by atoms with van der Waals surface area (Å²) in [5.74, 6) is 2.89. The second kappa shape index (κ2) is 6.42. The third kappa shape index (κ3) is 3.50. The Kier molecular flexibility index (Phi) is 4.87. The molecule has 2 rings (SSSR count). The Morgan fingerprint density at radius 3 is 2.00 bits per heavy atom. The van der Waals surface area contributed by atoms with Gasteiger partial charge in [0, 0.05) is 0 Å². The highest BCUT2D eigenvalue weighted by atomic mass is 16.5. The van der Waals surface area contributed by atoms with Crippen LogP contribution >= 0.6 is 0 Å². The van der Waals surface area contributed by atoms with Crippen molar-refractivity contribution in [2.24, 2.45) is 17.8 Å². The van der Waals surface area contributed by atoms with Gasteiger partial charge in [0.25, 0.3) is 0 Å². The van der Waals surface area contributed by atoms with Crippen molar-refractivity contribution in [3.63, 3.8) is 0 Å². The van der Waals surface area contributed by atoms with Crippen LogP contribution in [0.4, 0.5) is 0 Å². The number of aliphatic hydroxyl groups excluding tert-OH is 1. The lowest BCUT2D eigenvalue weighted by molar-refractivity contribution is 0.0668. The van der Waals surface area contributed by atoms with Crippen LogP contribution in [-0.2, 0) is 0 Å². The van der Waals surface area contributed by atoms with Gasteiger partial charge >= 0.3 is 0 Å². The lowest BCUT2D eigenvalue weighted by Gasteiger charge is -2.33. The molecule has 0 heterocycles. The molecule has 0 radical (unpaired) electrons. The first-order valence-electron chi connectivity index (χ1n) is 7.43. The Bertz CT molecular complexity index is 375. The zero-order chi connectivity index (χ0) is 13.8. The van der Waals surface area contributed by atoms with Crippen LogP contribution in [0.2, 0.25) is 0 Å². The van der Waals surface area contributed by atoms with Crippen molar-refractivity contribution in [1.29, 1.82) is 0 Å². The zero-order valence-corrected chi connectivity index (χ0v) is 12.3. The third-order valence-electron chi connectivity index (χ3n) is 4.66. The summed E-state index contributed by atoms with van der Waals surface area (Å²) in [6.07, 6.45) is 4.50. The Balaban J connectivity index is 1.94. The van der Waals surface area contributed by atoms with Crippen LogP contribution in [0.15, 0.2) is 24.3 Å². The highest BCUT2D eigenvalue weighted by Gasteiger charge is 2.28. The van der Waals surface area contributed by atoms with Crippen LogP contribution < -0.4 is 4.74 Å². The van der Waals surface area contributed by atoms with E-state index in [1.807, 2.05) is 24.3 Å². The van der Waals surface area contributed by atoms with Gasteiger partial charge in [-0.1, -0.05) is 26.0 Å². The number of aliphatic hydroxyl groups is 1. The van der Waals surface area contributed by atoms with E-state index in [2.05, 4.69) is 13.8 Å². The van der Waals surface area contributed by atoms with Crippen LogP contribution in [0.5, 0.6) is 5.75 Å². The first-order chi connectivity index (χ1) is 9.11. The average Bonchev–Trinajstić information content (AvgIpc) is 2.46. The maximum atomic E-state index is 10.5. The number of rotatable bonds is 4. The third-order valence-corrected chi connectivity index (χ3v) is 4.66. The molecule has 2 nitrogen and oxygen atoms in total. The van der Waals surface area contributed by atoms with E-state index in [4.69, 9.17) is 4.74 Å². The van der Waals surface area contributed by atoms with Crippen LogP contribution in [0.1, 0.15) is 51.2 Å². The molecule has 0 aliphatic heterocycles. The van der Waals surface area contributed by atoms with E-state index in [-0.39, 0.29) is 6.10 Å². The summed E-state index contributed by atoms with van der Waals surface area (Å²) in [6, 6.07) is 7.83. The molecular formula is C17H26O2. The van der Waals surface area contributed by atoms with E-state index in [9.17, 15) is 5.11 Å². The first-order valence-corrected chi connectivity index (χ1v) is 7.43. The molecule has 1 unspecified atom stereocenters. The van der Waals surface area contributed by atoms with E-state index in [0.29, 0.717) is 5.92 Å². The molecule has 1 N–H and O–H groups in total. The number of hydrogen-bond acceptors (Lipinski definition) is 2. The largest absolute Gasteiger partial charge is 0.497 e. The SMILES string of the molecule is COc1ccc(C(O)C2CCC(C(C)C)CC2)cc1. The Morgan fingerprint density at radius 2 is 1.53 bits per heavy atom. The van der Waals surface area contributed by atoms with Crippen molar-refractivity contribution in [3.05, 3.63) is 29.8 Å². The summed E-state index contributed by atoms with van der Waals surface area (Å²) in [5.41, 5.74) is 1.02. The van der Waals surface area contributed by atoms with E-state index >= 15 is 0 Å². The van der Waals surface area contributed by atoms with Crippen molar-refractivity contribution >= 4 is 0 Å². The second-order valence-corrected chi connectivity index (χ2v) is 6.14. The highest BCUT2D eigenvalue weighted by molar-refractivity contribution is 5.28. The number of ether oxygens (including phenoxy) is 1. The van der Waals surface area contributed by atoms with Gasteiger partial charge in [0.2, 0.25) is 0 Å². The minimum Gasteiger partial charge on any atom is -0.497 e. The lowest BCUT2D eigenvalue weighted by Crippen LogP contribution is -2.23. The van der Waals surface area contributed by atoms with Gasteiger partial charge in [-0.05, 0) is 61.1 Å². The maximum absolute atomic E-state index is 10.5. The fraction of sp³-hybridized carbons (Fsp3) is 0.647. The van der Waals surface area contributed by atoms with Crippen molar-refractivity contribution in [3.8, 4) is 5.75 Å². The van der Waals surface area contributed by atoms with Gasteiger partial charge in [0.15, 0.2) is 0 Å². The second-order valence-electron chi connectivity index (χ2n) is 6.14. The summed E-state index contributed by atoms with van der Waals surface area (Å²) in [4.78, 5) is 0. The molecule has 1 fully saturated rings. The van der Waals surface area contributed by atoms with Gasteiger partial charge < -0.3 is 9.84 Å². The molecule has 1 aliphatic rings. The molecule has 19 heavy (non-hydrogen) atoms. The van der Waals surface area contributed by atoms with Crippen molar-refractivity contribution in [2.45, 2.75) is 45.6 Å². The fourth-order valence-electron chi connectivity index (χ4n) is 3.20. The fourth-order valence-corrected chi connectivity index (χ4v) is 3.20. The van der Waals surface area contributed by atoms with Gasteiger partial charge in [0.1, 0.15) is 5.75 Å². The van der Waals surface area contributed by atoms with Crippen LogP contribution in [0, 0.1) is 17.8 Å². The van der Waals surface area contributed by atoms with Gasteiger partial charge in [-0.3, -0.25) is 0 Å². The summed E-state index contributed by atoms with van der Waals surface area (Å²) < 4.78 is 5.15. The Morgan fingerprint density at radius 1 is 1.00 bits per heavy atom. The lowest BCUT2D eigenvalue weighted by atomic mass is 9.74. The van der Waals surface area contributed by atoms with Crippen molar-refractivity contribution < 1.29 is 9.84 Å². The predicted molar refractivity (Wildman–Crippen MR) is 78.2 cm³/mol.